The van der Waals surface area contributed by atoms with Gasteiger partial charge in [-0.3, -0.25) is 0 Å². The molecule has 0 aliphatic heterocycles. The molecule has 0 spiro atoms. The summed E-state index contributed by atoms with van der Waals surface area (Å²) in [4.78, 5) is 0. The molecule has 0 aromatic carbocycles. The highest BCUT2D eigenvalue weighted by Gasteiger charge is 2.30. The minimum absolute atomic E-state index is 0.407. The summed E-state index contributed by atoms with van der Waals surface area (Å²) in [6, 6.07) is 0. The fraction of sp³-hybridized carbons (Fsp3) is 1.00. The van der Waals surface area contributed by atoms with Crippen LogP contribution in [0, 0.1) is 0 Å². The van der Waals surface area contributed by atoms with E-state index in [1.807, 2.05) is 0 Å². The van der Waals surface area contributed by atoms with Crippen molar-refractivity contribution in [3.63, 3.8) is 0 Å². The van der Waals surface area contributed by atoms with Gasteiger partial charge in [-0.25, -0.2) is 0 Å². The molecule has 0 aromatic rings. The molecule has 0 unspecified atom stereocenters. The average molecular weight is 196 g/mol. The van der Waals surface area contributed by atoms with Crippen LogP contribution in [0.3, 0.4) is 0 Å². The van der Waals surface area contributed by atoms with E-state index >= 15 is 0 Å². The Hall–Kier alpha value is -0.200. The quantitative estimate of drug-likeness (QED) is 0.495. The van der Waals surface area contributed by atoms with Crippen LogP contribution in [0.15, 0.2) is 0 Å². The van der Waals surface area contributed by atoms with Crippen molar-refractivity contribution < 1.29 is 27.5 Å². The molecule has 4 atom stereocenters. The monoisotopic (exact) mass is 196 g/mol. The highest BCUT2D eigenvalue weighted by molar-refractivity contribution is 4.80. The van der Waals surface area contributed by atoms with Crippen LogP contribution in [-0.4, -0.2) is 60.5 Å². The van der Waals surface area contributed by atoms with Gasteiger partial charge in [0.2, 0.25) is 0 Å². The molecule has 0 heterocycles. The summed E-state index contributed by atoms with van der Waals surface area (Å²) in [5.41, 5.74) is 0. The van der Waals surface area contributed by atoms with Crippen molar-refractivity contribution in [2.24, 2.45) is 0 Å². The molecule has 0 saturated carbocycles. The van der Waals surface area contributed by atoms with E-state index in [0.717, 1.165) is 0 Å². The summed E-state index contributed by atoms with van der Waals surface area (Å²) in [7, 11) is -0.818. The van der Waals surface area contributed by atoms with Gasteiger partial charge in [-0.05, 0) is 6.92 Å². The molecule has 0 amide bonds. The molecule has 3 N–H and O–H groups in total. The van der Waals surface area contributed by atoms with Crippen molar-refractivity contribution in [3.8, 4) is 0 Å². The fourth-order valence-corrected chi connectivity index (χ4v) is 0.994. The molecule has 0 fully saturated rings. The van der Waals surface area contributed by atoms with Crippen molar-refractivity contribution in [1.82, 2.24) is 0 Å². The normalized spacial score (nSPS) is 22.8. The highest BCUT2D eigenvalue weighted by Crippen LogP contribution is 2.10. The Morgan fingerprint density at radius 3 is 2.31 bits per heavy atom. The fourth-order valence-electron chi connectivity index (χ4n) is 0.994. The first-order chi connectivity index (χ1) is 7.08. The predicted octanol–water partition coefficient (Wildman–Crippen LogP) is -1.25. The van der Waals surface area contributed by atoms with Gasteiger partial charge in [-0.2, -0.15) is 0 Å². The van der Waals surface area contributed by atoms with E-state index in [4.69, 9.17) is 17.3 Å². The second-order valence-electron chi connectivity index (χ2n) is 2.75. The number of hydrogen-bond donors (Lipinski definition) is 3. The Bertz CT molecular complexity index is 158. The first kappa shape index (κ1) is 9.36. The minimum atomic E-state index is -1.27. The Kier molecular flexibility index (Phi) is 4.52. The Labute approximate surface area is 80.7 Å². The maximum atomic E-state index is 9.66. The van der Waals surface area contributed by atoms with Crippen LogP contribution >= 0.6 is 0 Å². The Balaban J connectivity index is 4.36. The maximum absolute atomic E-state index is 9.66. The number of aliphatic hydroxyl groups is 3. The van der Waals surface area contributed by atoms with Crippen molar-refractivity contribution >= 4 is 0 Å². The molecule has 0 rings (SSSR count). The number of aliphatic hydroxyl groups excluding tert-OH is 3. The van der Waals surface area contributed by atoms with Crippen LogP contribution in [-0.2, 0) is 9.47 Å². The van der Waals surface area contributed by atoms with Gasteiger partial charge in [0.05, 0.1) is 15.5 Å². The lowest BCUT2D eigenvalue weighted by Gasteiger charge is -2.28. The first-order valence-corrected chi connectivity index (χ1v) is 3.87. The van der Waals surface area contributed by atoms with E-state index < -0.39 is 45.2 Å². The van der Waals surface area contributed by atoms with Gasteiger partial charge in [-0.15, -0.1) is 0 Å². The van der Waals surface area contributed by atoms with E-state index in [1.54, 1.807) is 0 Å². The molecule has 0 radical (unpaired) electrons. The lowest BCUT2D eigenvalue weighted by molar-refractivity contribution is -0.134. The lowest BCUT2D eigenvalue weighted by Crippen LogP contribution is -2.46. The predicted molar refractivity (Wildman–Crippen MR) is 46.4 cm³/mol. The van der Waals surface area contributed by atoms with Gasteiger partial charge in [0, 0.05) is 14.2 Å². The summed E-state index contributed by atoms with van der Waals surface area (Å²) in [6.45, 7) is 0.920. The minimum Gasteiger partial charge on any atom is -0.394 e. The second-order valence-corrected chi connectivity index (χ2v) is 2.75. The number of methoxy groups -OCH3 is 2. The average Bonchev–Trinajstić information content (AvgIpc) is 2.21. The van der Waals surface area contributed by atoms with E-state index in [0.29, 0.717) is 0 Å². The van der Waals surface area contributed by atoms with E-state index in [-0.39, 0.29) is 0 Å². The molecular formula is C8H18O5. The van der Waals surface area contributed by atoms with Crippen LogP contribution in [0.2, 0.25) is 0 Å². The lowest BCUT2D eigenvalue weighted by atomic mass is 10.0. The summed E-state index contributed by atoms with van der Waals surface area (Å²) in [5, 5.41) is 27.8. The second kappa shape index (κ2) is 6.28. The highest BCUT2D eigenvalue weighted by atomic mass is 16.5. The zero-order chi connectivity index (χ0) is 11.8. The third-order valence-corrected chi connectivity index (χ3v) is 1.78. The van der Waals surface area contributed by atoms with E-state index in [1.165, 1.54) is 6.92 Å². The molecule has 0 bridgehead atoms. The van der Waals surface area contributed by atoms with Crippen molar-refractivity contribution in [3.05, 3.63) is 0 Å². The number of ether oxygens (including phenoxy) is 2. The summed E-state index contributed by atoms with van der Waals surface area (Å²) < 4.78 is 23.2. The third kappa shape index (κ3) is 3.58. The number of hydrogen-bond acceptors (Lipinski definition) is 5. The van der Waals surface area contributed by atoms with Gasteiger partial charge in [0.25, 0.3) is 0 Å². The van der Waals surface area contributed by atoms with E-state index in [2.05, 4.69) is 0 Å². The van der Waals surface area contributed by atoms with Gasteiger partial charge >= 0.3 is 0 Å². The first-order valence-electron chi connectivity index (χ1n) is 5.28. The number of rotatable bonds is 6. The maximum Gasteiger partial charge on any atom is 0.111 e. The topological polar surface area (TPSA) is 79.2 Å². The standard InChI is InChI=1S/C8H18O5/c1-5(10)8(13-3)7(11)6(4-9)12-2/h5-11H,4H2,1-3H3/t5-,6+,7-,8+/m0/s1/i2D,3D. The van der Waals surface area contributed by atoms with Crippen LogP contribution in [0.25, 0.3) is 0 Å². The van der Waals surface area contributed by atoms with Gasteiger partial charge < -0.3 is 24.8 Å². The van der Waals surface area contributed by atoms with Crippen LogP contribution in [0.5, 0.6) is 0 Å². The van der Waals surface area contributed by atoms with Crippen LogP contribution < -0.4 is 0 Å². The molecule has 0 aliphatic carbocycles. The molecule has 13 heavy (non-hydrogen) atoms. The molecule has 5 heteroatoms. The van der Waals surface area contributed by atoms with E-state index in [9.17, 15) is 10.2 Å². The van der Waals surface area contributed by atoms with Crippen molar-refractivity contribution in [2.45, 2.75) is 31.3 Å². The Morgan fingerprint density at radius 2 is 1.92 bits per heavy atom. The van der Waals surface area contributed by atoms with Gasteiger partial charge in [0.1, 0.15) is 18.3 Å². The molecular weight excluding hydrogens is 176 g/mol. The SMILES string of the molecule is [2H]CO[C@@H]([C@@H](O)[C@@H](CO)OC[2H])[C@H](C)O. The molecule has 0 aromatic heterocycles. The smallest absolute Gasteiger partial charge is 0.111 e. The third-order valence-electron chi connectivity index (χ3n) is 1.78. The van der Waals surface area contributed by atoms with Crippen molar-refractivity contribution in [2.75, 3.05) is 20.8 Å². The Morgan fingerprint density at radius 1 is 1.31 bits per heavy atom. The molecule has 0 aliphatic rings. The summed E-state index contributed by atoms with van der Waals surface area (Å²) in [5.74, 6) is 0. The molecule has 5 nitrogen and oxygen atoms in total. The van der Waals surface area contributed by atoms with Gasteiger partial charge in [0.15, 0.2) is 0 Å². The van der Waals surface area contributed by atoms with Crippen LogP contribution in [0.4, 0.5) is 0 Å². The molecule has 80 valence electrons. The molecule has 0 saturated heterocycles. The summed E-state index contributed by atoms with van der Waals surface area (Å²) >= 11 is 0. The van der Waals surface area contributed by atoms with Gasteiger partial charge in [-0.1, -0.05) is 0 Å². The zero-order valence-corrected chi connectivity index (χ0v) is 7.59. The van der Waals surface area contributed by atoms with Crippen molar-refractivity contribution in [1.29, 1.82) is 0 Å². The van der Waals surface area contributed by atoms with Crippen LogP contribution in [0.1, 0.15) is 9.67 Å². The largest absolute Gasteiger partial charge is 0.394 e. The zero-order valence-electron chi connectivity index (χ0n) is 9.59. The summed E-state index contributed by atoms with van der Waals surface area (Å²) in [6.07, 6.45) is -4.26.